The summed E-state index contributed by atoms with van der Waals surface area (Å²) >= 11 is 0. The monoisotopic (exact) mass is 423 g/mol. The van der Waals surface area contributed by atoms with Crippen LogP contribution in [0.25, 0.3) is 11.3 Å². The molecule has 3 aromatic rings. The first-order valence-electron chi connectivity index (χ1n) is 9.98. The van der Waals surface area contributed by atoms with Crippen LogP contribution >= 0.6 is 0 Å². The van der Waals surface area contributed by atoms with E-state index in [1.807, 2.05) is 24.3 Å². The van der Waals surface area contributed by atoms with Crippen molar-refractivity contribution in [3.8, 4) is 22.8 Å². The summed E-state index contributed by atoms with van der Waals surface area (Å²) in [6.45, 7) is 0.863. The third kappa shape index (κ3) is 6.60. The molecule has 1 heterocycles. The van der Waals surface area contributed by atoms with E-state index in [1.165, 1.54) is 12.1 Å². The average Bonchev–Trinajstić information content (AvgIpc) is 3.26. The summed E-state index contributed by atoms with van der Waals surface area (Å²) in [4.78, 5) is 28.2. The van der Waals surface area contributed by atoms with Gasteiger partial charge in [-0.05, 0) is 48.9 Å². The van der Waals surface area contributed by atoms with Gasteiger partial charge in [0.05, 0.1) is 13.3 Å². The van der Waals surface area contributed by atoms with Gasteiger partial charge in [-0.1, -0.05) is 6.07 Å². The van der Waals surface area contributed by atoms with Crippen LogP contribution in [0.5, 0.6) is 11.5 Å². The quantitative estimate of drug-likeness (QED) is 0.432. The molecular weight excluding hydrogens is 398 g/mol. The Morgan fingerprint density at radius 3 is 2.61 bits per heavy atom. The molecule has 2 amide bonds. The van der Waals surface area contributed by atoms with E-state index < -0.39 is 0 Å². The Morgan fingerprint density at radius 2 is 1.87 bits per heavy atom. The number of phenolic OH excluding ortho intramolecular Hbond substituents is 1. The zero-order valence-electron chi connectivity index (χ0n) is 17.3. The van der Waals surface area contributed by atoms with E-state index in [9.17, 15) is 14.7 Å². The molecular formula is C23H25N3O5. The first-order valence-corrected chi connectivity index (χ1v) is 9.98. The number of carbonyl (C=O) groups excluding carboxylic acids is 2. The van der Waals surface area contributed by atoms with Gasteiger partial charge in [0.2, 0.25) is 5.91 Å². The zero-order chi connectivity index (χ0) is 22.1. The fourth-order valence-corrected chi connectivity index (χ4v) is 2.89. The molecule has 3 N–H and O–H groups in total. The number of amides is 2. The number of aromatic hydroxyl groups is 1. The third-order valence-electron chi connectivity index (χ3n) is 4.56. The lowest BCUT2D eigenvalue weighted by molar-refractivity contribution is -0.121. The molecule has 2 aromatic carbocycles. The summed E-state index contributed by atoms with van der Waals surface area (Å²) in [5.41, 5.74) is 1.28. The second-order valence-electron chi connectivity index (χ2n) is 6.86. The van der Waals surface area contributed by atoms with E-state index in [-0.39, 0.29) is 24.0 Å². The number of phenols is 1. The highest BCUT2D eigenvalue weighted by atomic mass is 16.5. The van der Waals surface area contributed by atoms with Gasteiger partial charge in [-0.2, -0.15) is 0 Å². The van der Waals surface area contributed by atoms with Gasteiger partial charge in [0, 0.05) is 37.1 Å². The number of hydrogen-bond donors (Lipinski definition) is 3. The van der Waals surface area contributed by atoms with Crippen molar-refractivity contribution >= 4 is 11.8 Å². The van der Waals surface area contributed by atoms with Crippen LogP contribution in [0.1, 0.15) is 29.1 Å². The van der Waals surface area contributed by atoms with Crippen LogP contribution in [0.4, 0.5) is 0 Å². The highest BCUT2D eigenvalue weighted by molar-refractivity contribution is 5.94. The molecule has 0 aliphatic heterocycles. The van der Waals surface area contributed by atoms with Gasteiger partial charge in [0.15, 0.2) is 11.7 Å². The molecule has 0 radical (unpaired) electrons. The number of nitrogens with zero attached hydrogens (tertiary/aromatic N) is 1. The van der Waals surface area contributed by atoms with Gasteiger partial charge in [0.1, 0.15) is 11.5 Å². The van der Waals surface area contributed by atoms with E-state index in [0.29, 0.717) is 43.1 Å². The summed E-state index contributed by atoms with van der Waals surface area (Å²) in [7, 11) is 1.61. The molecule has 3 rings (SSSR count). The highest BCUT2D eigenvalue weighted by Gasteiger charge is 2.10. The second-order valence-corrected chi connectivity index (χ2v) is 6.86. The van der Waals surface area contributed by atoms with Crippen LogP contribution in [0.3, 0.4) is 0 Å². The molecule has 8 heteroatoms. The van der Waals surface area contributed by atoms with Crippen molar-refractivity contribution < 1.29 is 23.8 Å². The molecule has 31 heavy (non-hydrogen) atoms. The Hall–Kier alpha value is -3.81. The number of aromatic nitrogens is 1. The molecule has 0 aliphatic rings. The van der Waals surface area contributed by atoms with Crippen molar-refractivity contribution in [3.63, 3.8) is 0 Å². The smallest absolute Gasteiger partial charge is 0.251 e. The maximum absolute atomic E-state index is 12.0. The van der Waals surface area contributed by atoms with Gasteiger partial charge < -0.3 is 24.9 Å². The molecule has 8 nitrogen and oxygen atoms in total. The van der Waals surface area contributed by atoms with Crippen molar-refractivity contribution in [1.29, 1.82) is 0 Å². The van der Waals surface area contributed by atoms with Gasteiger partial charge in [-0.15, -0.1) is 0 Å². The largest absolute Gasteiger partial charge is 0.508 e. The topological polar surface area (TPSA) is 114 Å². The lowest BCUT2D eigenvalue weighted by atomic mass is 10.2. The number of aryl methyl sites for hydroxylation is 1. The molecule has 0 fully saturated rings. The van der Waals surface area contributed by atoms with Crippen LogP contribution in [-0.4, -0.2) is 42.1 Å². The first-order chi connectivity index (χ1) is 15.0. The average molecular weight is 423 g/mol. The maximum Gasteiger partial charge on any atom is 0.251 e. The van der Waals surface area contributed by atoms with Crippen molar-refractivity contribution in [2.45, 2.75) is 19.3 Å². The molecule has 0 aliphatic carbocycles. The van der Waals surface area contributed by atoms with Crippen LogP contribution < -0.4 is 15.4 Å². The molecule has 162 valence electrons. The molecule has 0 saturated heterocycles. The van der Waals surface area contributed by atoms with E-state index in [0.717, 1.165) is 11.3 Å². The minimum atomic E-state index is -0.265. The maximum atomic E-state index is 12.0. The number of methoxy groups -OCH3 is 1. The molecule has 0 spiro atoms. The fraction of sp³-hybridized carbons (Fsp3) is 0.261. The Kier molecular flexibility index (Phi) is 7.64. The minimum Gasteiger partial charge on any atom is -0.508 e. The van der Waals surface area contributed by atoms with Gasteiger partial charge in [-0.25, -0.2) is 4.98 Å². The fourth-order valence-electron chi connectivity index (χ4n) is 2.89. The number of carbonyl (C=O) groups is 2. The van der Waals surface area contributed by atoms with Crippen LogP contribution in [-0.2, 0) is 11.2 Å². The Bertz CT molecular complexity index is 1010. The lowest BCUT2D eigenvalue weighted by Gasteiger charge is -2.07. The van der Waals surface area contributed by atoms with Gasteiger partial charge in [-0.3, -0.25) is 9.59 Å². The van der Waals surface area contributed by atoms with Gasteiger partial charge in [0.25, 0.3) is 5.91 Å². The summed E-state index contributed by atoms with van der Waals surface area (Å²) in [6, 6.07) is 13.6. The predicted octanol–water partition coefficient (Wildman–Crippen LogP) is 2.92. The lowest BCUT2D eigenvalue weighted by Crippen LogP contribution is -2.30. The SMILES string of the molecule is COc1ccc(-c2cnc(CCC(=O)NCCCNC(=O)c3cccc(O)c3)o2)cc1. The molecule has 1 aromatic heterocycles. The number of rotatable bonds is 10. The predicted molar refractivity (Wildman–Crippen MR) is 115 cm³/mol. The van der Waals surface area contributed by atoms with Crippen LogP contribution in [0.15, 0.2) is 59.1 Å². The van der Waals surface area contributed by atoms with E-state index in [2.05, 4.69) is 15.6 Å². The Morgan fingerprint density at radius 1 is 1.10 bits per heavy atom. The summed E-state index contributed by atoms with van der Waals surface area (Å²) < 4.78 is 10.9. The van der Waals surface area contributed by atoms with Crippen molar-refractivity contribution in [2.24, 2.45) is 0 Å². The summed E-state index contributed by atoms with van der Waals surface area (Å²) in [5, 5.41) is 15.0. The van der Waals surface area contributed by atoms with E-state index in [1.54, 1.807) is 25.4 Å². The Labute approximate surface area is 180 Å². The molecule has 0 saturated carbocycles. The molecule has 0 atom stereocenters. The van der Waals surface area contributed by atoms with Crippen molar-refractivity contribution in [3.05, 3.63) is 66.2 Å². The number of oxazole rings is 1. The number of hydrogen-bond acceptors (Lipinski definition) is 6. The first kappa shape index (κ1) is 21.9. The third-order valence-corrected chi connectivity index (χ3v) is 4.56. The number of ether oxygens (including phenoxy) is 1. The standard InChI is InChI=1S/C23H25N3O5/c1-30-19-8-6-16(7-9-19)20-15-26-22(31-20)11-10-21(28)24-12-3-13-25-23(29)17-4-2-5-18(27)14-17/h2,4-9,14-15,27H,3,10-13H2,1H3,(H,24,28)(H,25,29). The van der Waals surface area contributed by atoms with Crippen LogP contribution in [0.2, 0.25) is 0 Å². The molecule has 0 unspecified atom stereocenters. The van der Waals surface area contributed by atoms with Crippen LogP contribution in [0, 0.1) is 0 Å². The number of benzene rings is 2. The number of nitrogens with one attached hydrogen (secondary N) is 2. The Balaban J connectivity index is 1.33. The minimum absolute atomic E-state index is 0.0436. The van der Waals surface area contributed by atoms with Crippen molar-refractivity contribution in [1.82, 2.24) is 15.6 Å². The van der Waals surface area contributed by atoms with E-state index >= 15 is 0 Å². The van der Waals surface area contributed by atoms with Crippen molar-refractivity contribution in [2.75, 3.05) is 20.2 Å². The normalized spacial score (nSPS) is 10.5. The summed E-state index contributed by atoms with van der Waals surface area (Å²) in [6.07, 6.45) is 2.90. The highest BCUT2D eigenvalue weighted by Crippen LogP contribution is 2.23. The molecule has 0 bridgehead atoms. The van der Waals surface area contributed by atoms with Gasteiger partial charge >= 0.3 is 0 Å². The summed E-state index contributed by atoms with van der Waals surface area (Å²) in [5.74, 6) is 1.57. The zero-order valence-corrected chi connectivity index (χ0v) is 17.3. The van der Waals surface area contributed by atoms with E-state index in [4.69, 9.17) is 9.15 Å². The second kappa shape index (κ2) is 10.8.